The number of aliphatic hydroxyl groups excluding tert-OH is 1. The summed E-state index contributed by atoms with van der Waals surface area (Å²) in [6, 6.07) is 8.68. The van der Waals surface area contributed by atoms with Gasteiger partial charge in [-0.2, -0.15) is 0 Å². The maximum absolute atomic E-state index is 14.8. The zero-order valence-corrected chi connectivity index (χ0v) is 23.7. The van der Waals surface area contributed by atoms with E-state index in [2.05, 4.69) is 6.08 Å². The molecule has 0 saturated heterocycles. The van der Waals surface area contributed by atoms with Crippen LogP contribution < -0.4 is 0 Å². The summed E-state index contributed by atoms with van der Waals surface area (Å²) in [4.78, 5) is 43.9. The van der Waals surface area contributed by atoms with Crippen molar-refractivity contribution in [1.29, 1.82) is 0 Å². The van der Waals surface area contributed by atoms with E-state index in [-0.39, 0.29) is 30.1 Å². The van der Waals surface area contributed by atoms with Crippen molar-refractivity contribution in [2.24, 2.45) is 22.2 Å². The molecule has 37 heavy (non-hydrogen) atoms. The van der Waals surface area contributed by atoms with Crippen LogP contribution in [0, 0.1) is 22.2 Å². The lowest BCUT2D eigenvalue weighted by Gasteiger charge is -2.59. The number of hydrogen-bond donors (Lipinski definition) is 1. The summed E-state index contributed by atoms with van der Waals surface area (Å²) in [5, 5.41) is 11.8. The molecule has 0 aliphatic heterocycles. The second-order valence-corrected chi connectivity index (χ2v) is 12.1. The van der Waals surface area contributed by atoms with Gasteiger partial charge in [0.25, 0.3) is 0 Å². The van der Waals surface area contributed by atoms with Crippen LogP contribution in [0.25, 0.3) is 0 Å². The first kappa shape index (κ1) is 28.6. The molecule has 3 atom stereocenters. The van der Waals surface area contributed by atoms with E-state index in [0.717, 1.165) is 16.7 Å². The number of carbonyl (C=O) groups is 3. The first-order valence-electron chi connectivity index (χ1n) is 13.3. The fraction of sp³-hybridized carbons (Fsp3) is 0.485. The van der Waals surface area contributed by atoms with Gasteiger partial charge in [0, 0.05) is 11.1 Å². The number of Topliss-reactive ketones (excluding diaryl/α,β-unsaturated/α-hetero) is 3. The predicted octanol–water partition coefficient (Wildman–Crippen LogP) is 7.92. The average Bonchev–Trinajstić information content (AvgIpc) is 2.82. The number of allylic oxidation sites excluding steroid dienone is 8. The summed E-state index contributed by atoms with van der Waals surface area (Å²) in [7, 11) is 0. The van der Waals surface area contributed by atoms with Crippen LogP contribution in [0.15, 0.2) is 76.6 Å². The highest BCUT2D eigenvalue weighted by Crippen LogP contribution is 2.66. The van der Waals surface area contributed by atoms with Gasteiger partial charge in [-0.15, -0.1) is 0 Å². The van der Waals surface area contributed by atoms with Gasteiger partial charge < -0.3 is 5.11 Å². The van der Waals surface area contributed by atoms with E-state index in [1.165, 1.54) is 0 Å². The van der Waals surface area contributed by atoms with Crippen molar-refractivity contribution < 1.29 is 19.5 Å². The third-order valence-corrected chi connectivity index (χ3v) is 8.47. The van der Waals surface area contributed by atoms with E-state index < -0.39 is 33.6 Å². The standard InChI is InChI=1S/C33H42O4/c1-21(2)14-16-25-20-32(19-18-23(5)6)28(35)26(17-15-22(3)4)29(36)33(30(32)37,31(25,7)8)27(34)24-12-10-9-11-13-24/h9-15,18,25,35H,16-17,19-20H2,1-8H3/t25-,32-,33+/m1/s1. The molecule has 1 saturated carbocycles. The van der Waals surface area contributed by atoms with Gasteiger partial charge in [0.05, 0.1) is 5.41 Å². The molecule has 4 heteroatoms. The molecule has 4 nitrogen and oxygen atoms in total. The number of benzene rings is 1. The number of carbonyl (C=O) groups excluding carboxylic acids is 3. The van der Waals surface area contributed by atoms with Crippen LogP contribution in [-0.2, 0) is 9.59 Å². The number of aliphatic hydroxyl groups is 1. The first-order valence-corrected chi connectivity index (χ1v) is 13.3. The number of hydrogen-bond acceptors (Lipinski definition) is 4. The molecule has 3 rings (SSSR count). The van der Waals surface area contributed by atoms with Crippen molar-refractivity contribution in [1.82, 2.24) is 0 Å². The van der Waals surface area contributed by atoms with Gasteiger partial charge in [0.1, 0.15) is 5.76 Å². The minimum absolute atomic E-state index is 0.147. The number of fused-ring (bicyclic) bond motifs is 2. The number of ketones is 3. The largest absolute Gasteiger partial charge is 0.511 e. The fourth-order valence-corrected chi connectivity index (χ4v) is 6.16. The Labute approximate surface area is 222 Å². The van der Waals surface area contributed by atoms with Gasteiger partial charge in [-0.05, 0) is 78.6 Å². The Bertz CT molecular complexity index is 1210. The molecule has 1 aromatic carbocycles. The summed E-state index contributed by atoms with van der Waals surface area (Å²) in [6.07, 6.45) is 7.41. The number of rotatable bonds is 8. The molecule has 2 aliphatic carbocycles. The van der Waals surface area contributed by atoms with Gasteiger partial charge in [0.15, 0.2) is 22.8 Å². The fourth-order valence-electron chi connectivity index (χ4n) is 6.16. The van der Waals surface area contributed by atoms with Crippen LogP contribution in [0.3, 0.4) is 0 Å². The van der Waals surface area contributed by atoms with E-state index in [9.17, 15) is 19.5 Å². The first-order chi connectivity index (χ1) is 17.2. The van der Waals surface area contributed by atoms with Crippen molar-refractivity contribution in [2.45, 2.75) is 81.1 Å². The second kappa shape index (κ2) is 10.4. The molecule has 198 valence electrons. The molecule has 1 N–H and O–H groups in total. The third-order valence-electron chi connectivity index (χ3n) is 8.47. The topological polar surface area (TPSA) is 71.4 Å². The van der Waals surface area contributed by atoms with Crippen molar-refractivity contribution >= 4 is 17.3 Å². The third kappa shape index (κ3) is 4.60. The normalized spacial score (nSPS) is 26.4. The Balaban J connectivity index is 2.45. The van der Waals surface area contributed by atoms with Crippen LogP contribution >= 0.6 is 0 Å². The molecule has 2 bridgehead atoms. The Morgan fingerprint density at radius 2 is 1.49 bits per heavy atom. The van der Waals surface area contributed by atoms with Gasteiger partial charge in [-0.1, -0.05) is 79.1 Å². The van der Waals surface area contributed by atoms with E-state index in [1.54, 1.807) is 24.3 Å². The van der Waals surface area contributed by atoms with E-state index >= 15 is 0 Å². The minimum atomic E-state index is -1.92. The van der Waals surface area contributed by atoms with Gasteiger partial charge >= 0.3 is 0 Å². The molecule has 0 heterocycles. The van der Waals surface area contributed by atoms with Crippen LogP contribution in [0.4, 0.5) is 0 Å². The Morgan fingerprint density at radius 3 is 2.03 bits per heavy atom. The maximum atomic E-state index is 14.8. The van der Waals surface area contributed by atoms with E-state index in [1.807, 2.05) is 73.6 Å². The highest BCUT2D eigenvalue weighted by atomic mass is 16.3. The summed E-state index contributed by atoms with van der Waals surface area (Å²) in [5.41, 5.74) is -0.517. The molecular weight excluding hydrogens is 460 g/mol. The summed E-state index contributed by atoms with van der Waals surface area (Å²) in [5.74, 6) is -1.77. The quantitative estimate of drug-likeness (QED) is 0.223. The van der Waals surface area contributed by atoms with Crippen molar-refractivity contribution in [3.05, 3.63) is 82.2 Å². The molecular formula is C33H42O4. The van der Waals surface area contributed by atoms with Crippen LogP contribution in [-0.4, -0.2) is 22.5 Å². The lowest BCUT2D eigenvalue weighted by molar-refractivity contribution is -0.164. The molecule has 0 unspecified atom stereocenters. The van der Waals surface area contributed by atoms with Gasteiger partial charge in [0.2, 0.25) is 0 Å². The zero-order valence-electron chi connectivity index (χ0n) is 23.7. The molecule has 0 spiro atoms. The lowest BCUT2D eigenvalue weighted by atomic mass is 9.39. The molecule has 0 radical (unpaired) electrons. The van der Waals surface area contributed by atoms with E-state index in [4.69, 9.17) is 0 Å². The van der Waals surface area contributed by atoms with Crippen molar-refractivity contribution in [2.75, 3.05) is 0 Å². The highest BCUT2D eigenvalue weighted by Gasteiger charge is 2.74. The lowest BCUT2D eigenvalue weighted by Crippen LogP contribution is -2.69. The monoisotopic (exact) mass is 502 g/mol. The zero-order chi connectivity index (χ0) is 27.8. The Kier molecular flexibility index (Phi) is 8.02. The Morgan fingerprint density at radius 1 is 0.919 bits per heavy atom. The molecule has 0 aromatic heterocycles. The highest BCUT2D eigenvalue weighted by molar-refractivity contribution is 6.36. The van der Waals surface area contributed by atoms with Crippen LogP contribution in [0.5, 0.6) is 0 Å². The average molecular weight is 503 g/mol. The molecule has 0 amide bonds. The summed E-state index contributed by atoms with van der Waals surface area (Å²) >= 11 is 0. The van der Waals surface area contributed by atoms with Gasteiger partial charge in [-0.3, -0.25) is 14.4 Å². The van der Waals surface area contributed by atoms with Crippen LogP contribution in [0.1, 0.15) is 91.4 Å². The SMILES string of the molecule is CC(C)=CCC1=C(O)[C@@]2(CC=C(C)C)C[C@@H](CC=C(C)C)C(C)(C)[C@@](C(=O)c3ccccc3)(C1=O)C2=O. The Hall–Kier alpha value is -3.01. The minimum Gasteiger partial charge on any atom is -0.511 e. The molecule has 1 aromatic rings. The second-order valence-electron chi connectivity index (χ2n) is 12.1. The summed E-state index contributed by atoms with van der Waals surface area (Å²) < 4.78 is 0. The van der Waals surface area contributed by atoms with Crippen molar-refractivity contribution in [3.8, 4) is 0 Å². The maximum Gasteiger partial charge on any atom is 0.184 e. The van der Waals surface area contributed by atoms with E-state index in [0.29, 0.717) is 18.4 Å². The summed E-state index contributed by atoms with van der Waals surface area (Å²) in [6.45, 7) is 15.6. The van der Waals surface area contributed by atoms with Crippen molar-refractivity contribution in [3.63, 3.8) is 0 Å². The van der Waals surface area contributed by atoms with Crippen LogP contribution in [0.2, 0.25) is 0 Å². The van der Waals surface area contributed by atoms with Gasteiger partial charge in [-0.25, -0.2) is 0 Å². The molecule has 2 aliphatic rings. The molecule has 1 fully saturated rings. The smallest absolute Gasteiger partial charge is 0.184 e. The predicted molar refractivity (Wildman–Crippen MR) is 149 cm³/mol.